The zero-order valence-electron chi connectivity index (χ0n) is 15.6. The van der Waals surface area contributed by atoms with Gasteiger partial charge in [-0.1, -0.05) is 12.1 Å². The highest BCUT2D eigenvalue weighted by Gasteiger charge is 2.41. The van der Waals surface area contributed by atoms with Crippen molar-refractivity contribution in [1.82, 2.24) is 0 Å². The van der Waals surface area contributed by atoms with Gasteiger partial charge in [-0.2, -0.15) is 13.2 Å². The summed E-state index contributed by atoms with van der Waals surface area (Å²) in [6.45, 7) is 0. The van der Waals surface area contributed by atoms with Crippen molar-refractivity contribution < 1.29 is 36.6 Å². The molecule has 1 aromatic heterocycles. The van der Waals surface area contributed by atoms with E-state index in [-0.39, 0.29) is 34.1 Å². The SMILES string of the molecule is COc1ccccc1Oc1c(C(F)(F)F)oc2cc(OC(=O)C3CC3)ccc2c1=O. The number of hydrogen-bond donors (Lipinski definition) is 0. The Bertz CT molecular complexity index is 1180. The van der Waals surface area contributed by atoms with Gasteiger partial charge in [0, 0.05) is 6.07 Å². The highest BCUT2D eigenvalue weighted by atomic mass is 19.4. The molecule has 4 rings (SSSR count). The lowest BCUT2D eigenvalue weighted by molar-refractivity contribution is -0.154. The van der Waals surface area contributed by atoms with Gasteiger partial charge < -0.3 is 18.6 Å². The van der Waals surface area contributed by atoms with E-state index in [0.717, 1.165) is 6.07 Å². The fourth-order valence-corrected chi connectivity index (χ4v) is 2.83. The quantitative estimate of drug-likeness (QED) is 0.431. The second-order valence-corrected chi connectivity index (χ2v) is 6.69. The molecule has 0 aliphatic heterocycles. The highest BCUT2D eigenvalue weighted by molar-refractivity contribution is 5.82. The number of rotatable bonds is 5. The summed E-state index contributed by atoms with van der Waals surface area (Å²) in [7, 11) is 1.32. The van der Waals surface area contributed by atoms with E-state index in [4.69, 9.17) is 18.6 Å². The molecule has 6 nitrogen and oxygen atoms in total. The number of esters is 1. The maximum atomic E-state index is 13.6. The van der Waals surface area contributed by atoms with Crippen LogP contribution in [0.4, 0.5) is 13.2 Å². The predicted molar refractivity (Wildman–Crippen MR) is 98.9 cm³/mol. The standard InChI is InChI=1S/C21H15F3O6/c1-27-14-4-2-3-5-15(14)29-18-17(25)13-9-8-12(28-20(26)11-6-7-11)10-16(13)30-19(18)21(22,23)24/h2-5,8-11H,6-7H2,1H3. The zero-order chi connectivity index (χ0) is 21.5. The fourth-order valence-electron chi connectivity index (χ4n) is 2.83. The van der Waals surface area contributed by atoms with Gasteiger partial charge in [0.05, 0.1) is 18.4 Å². The predicted octanol–water partition coefficient (Wildman–Crippen LogP) is 4.93. The van der Waals surface area contributed by atoms with Crippen molar-refractivity contribution in [3.05, 3.63) is 58.4 Å². The molecule has 1 saturated carbocycles. The van der Waals surface area contributed by atoms with E-state index in [9.17, 15) is 22.8 Å². The van der Waals surface area contributed by atoms with Gasteiger partial charge in [0.25, 0.3) is 5.76 Å². The Hall–Kier alpha value is -3.49. The first-order valence-electron chi connectivity index (χ1n) is 8.98. The van der Waals surface area contributed by atoms with Crippen LogP contribution in [0.15, 0.2) is 51.7 Å². The first-order chi connectivity index (χ1) is 14.3. The Morgan fingerprint density at radius 2 is 1.80 bits per heavy atom. The minimum atomic E-state index is -5.01. The van der Waals surface area contributed by atoms with Crippen LogP contribution in [0.5, 0.6) is 23.0 Å². The fraction of sp³-hybridized carbons (Fsp3) is 0.238. The van der Waals surface area contributed by atoms with Crippen molar-refractivity contribution in [2.24, 2.45) is 5.92 Å². The van der Waals surface area contributed by atoms with E-state index >= 15 is 0 Å². The number of methoxy groups -OCH3 is 1. The minimum Gasteiger partial charge on any atom is -0.493 e. The lowest BCUT2D eigenvalue weighted by Crippen LogP contribution is -2.16. The number of alkyl halides is 3. The second kappa shape index (κ2) is 7.40. The molecule has 1 aliphatic carbocycles. The summed E-state index contributed by atoms with van der Waals surface area (Å²) in [5.41, 5.74) is -1.39. The van der Waals surface area contributed by atoms with Crippen molar-refractivity contribution in [2.45, 2.75) is 19.0 Å². The van der Waals surface area contributed by atoms with Gasteiger partial charge in [-0.25, -0.2) is 0 Å². The third kappa shape index (κ3) is 3.83. The van der Waals surface area contributed by atoms with Gasteiger partial charge in [0.2, 0.25) is 11.2 Å². The number of halogens is 3. The lowest BCUT2D eigenvalue weighted by atomic mass is 10.2. The van der Waals surface area contributed by atoms with Crippen molar-refractivity contribution in [3.8, 4) is 23.0 Å². The van der Waals surface area contributed by atoms with Crippen LogP contribution in [0.25, 0.3) is 11.0 Å². The molecule has 0 amide bonds. The first-order valence-corrected chi connectivity index (χ1v) is 8.98. The molecule has 0 radical (unpaired) electrons. The number of carbonyl (C=O) groups excluding carboxylic acids is 1. The van der Waals surface area contributed by atoms with Gasteiger partial charge in [-0.3, -0.25) is 9.59 Å². The summed E-state index contributed by atoms with van der Waals surface area (Å²) in [5.74, 6) is -3.22. The smallest absolute Gasteiger partial charge is 0.453 e. The molecule has 1 heterocycles. The van der Waals surface area contributed by atoms with Gasteiger partial charge >= 0.3 is 12.1 Å². The average Bonchev–Trinajstić information content (AvgIpc) is 3.55. The highest BCUT2D eigenvalue weighted by Crippen LogP contribution is 2.40. The van der Waals surface area contributed by atoms with Crippen LogP contribution < -0.4 is 19.6 Å². The Kier molecular flexibility index (Phi) is 4.89. The van der Waals surface area contributed by atoms with Gasteiger partial charge in [-0.05, 0) is 37.1 Å². The molecular weight excluding hydrogens is 405 g/mol. The van der Waals surface area contributed by atoms with Gasteiger partial charge in [-0.15, -0.1) is 0 Å². The molecule has 156 valence electrons. The normalized spacial score (nSPS) is 13.9. The van der Waals surface area contributed by atoms with Crippen LogP contribution in [0.2, 0.25) is 0 Å². The van der Waals surface area contributed by atoms with Crippen LogP contribution in [0, 0.1) is 5.92 Å². The molecule has 1 aliphatic rings. The molecule has 9 heteroatoms. The van der Waals surface area contributed by atoms with E-state index in [1.54, 1.807) is 6.07 Å². The van der Waals surface area contributed by atoms with Crippen LogP contribution in [0.3, 0.4) is 0 Å². The molecule has 0 bridgehead atoms. The van der Waals surface area contributed by atoms with E-state index in [0.29, 0.717) is 12.8 Å². The Labute approximate surface area is 167 Å². The molecule has 0 atom stereocenters. The van der Waals surface area contributed by atoms with Gasteiger partial charge in [0.15, 0.2) is 11.5 Å². The van der Waals surface area contributed by atoms with Crippen molar-refractivity contribution in [1.29, 1.82) is 0 Å². The molecule has 2 aromatic carbocycles. The Balaban J connectivity index is 1.82. The van der Waals surface area contributed by atoms with E-state index in [1.807, 2.05) is 0 Å². The first kappa shape index (κ1) is 19.8. The molecule has 30 heavy (non-hydrogen) atoms. The summed E-state index contributed by atoms with van der Waals surface area (Å²) in [5, 5.41) is -0.154. The van der Waals surface area contributed by atoms with E-state index < -0.39 is 29.1 Å². The summed E-state index contributed by atoms with van der Waals surface area (Å²) in [6, 6.07) is 9.59. The third-order valence-electron chi connectivity index (χ3n) is 4.49. The summed E-state index contributed by atoms with van der Waals surface area (Å²) in [6.07, 6.45) is -3.59. The van der Waals surface area contributed by atoms with Crippen LogP contribution in [0.1, 0.15) is 18.6 Å². The molecule has 3 aromatic rings. The topological polar surface area (TPSA) is 75.0 Å². The van der Waals surface area contributed by atoms with Crippen molar-refractivity contribution in [2.75, 3.05) is 7.11 Å². The summed E-state index contributed by atoms with van der Waals surface area (Å²) in [4.78, 5) is 24.6. The van der Waals surface area contributed by atoms with Crippen LogP contribution in [-0.4, -0.2) is 13.1 Å². The number of carbonyl (C=O) groups is 1. The number of ether oxygens (including phenoxy) is 3. The van der Waals surface area contributed by atoms with Crippen molar-refractivity contribution >= 4 is 16.9 Å². The third-order valence-corrected chi connectivity index (χ3v) is 4.49. The van der Waals surface area contributed by atoms with Gasteiger partial charge in [0.1, 0.15) is 11.3 Å². The second-order valence-electron chi connectivity index (χ2n) is 6.69. The maximum Gasteiger partial charge on any atom is 0.453 e. The molecule has 1 fully saturated rings. The molecule has 0 spiro atoms. The molecule has 0 unspecified atom stereocenters. The van der Waals surface area contributed by atoms with E-state index in [1.165, 1.54) is 37.4 Å². The Morgan fingerprint density at radius 1 is 1.10 bits per heavy atom. The van der Waals surface area contributed by atoms with Crippen LogP contribution >= 0.6 is 0 Å². The lowest BCUT2D eigenvalue weighted by Gasteiger charge is -2.15. The zero-order valence-corrected chi connectivity index (χ0v) is 15.6. The number of benzene rings is 2. The van der Waals surface area contributed by atoms with E-state index in [2.05, 4.69) is 0 Å². The minimum absolute atomic E-state index is 0.00549. The Morgan fingerprint density at radius 3 is 2.43 bits per heavy atom. The molecule has 0 N–H and O–H groups in total. The molecular formula is C21H15F3O6. The number of fused-ring (bicyclic) bond motifs is 1. The van der Waals surface area contributed by atoms with Crippen molar-refractivity contribution in [3.63, 3.8) is 0 Å². The average molecular weight is 420 g/mol. The number of hydrogen-bond acceptors (Lipinski definition) is 6. The molecule has 0 saturated heterocycles. The summed E-state index contributed by atoms with van der Waals surface area (Å²) < 4.78 is 61.4. The maximum absolute atomic E-state index is 13.6. The largest absolute Gasteiger partial charge is 0.493 e. The number of para-hydroxylation sites is 2. The van der Waals surface area contributed by atoms with Crippen LogP contribution in [-0.2, 0) is 11.0 Å². The summed E-state index contributed by atoms with van der Waals surface area (Å²) >= 11 is 0. The monoisotopic (exact) mass is 420 g/mol.